The van der Waals surface area contributed by atoms with Crippen LogP contribution in [0.2, 0.25) is 0 Å². The van der Waals surface area contributed by atoms with Crippen molar-refractivity contribution in [1.29, 1.82) is 0 Å². The molecule has 1 aromatic carbocycles. The number of carbonyl (C=O) groups is 1. The topological polar surface area (TPSA) is 43.7 Å². The molecule has 0 fully saturated rings. The summed E-state index contributed by atoms with van der Waals surface area (Å²) in [6.45, 7) is 0.640. The van der Waals surface area contributed by atoms with Gasteiger partial charge in [-0.1, -0.05) is 0 Å². The molecule has 128 valence electrons. The summed E-state index contributed by atoms with van der Waals surface area (Å²) >= 11 is 0. The highest BCUT2D eigenvalue weighted by atomic mass is 35.5. The molecule has 0 aliphatic rings. The molecule has 7 heteroatoms. The van der Waals surface area contributed by atoms with Gasteiger partial charge < -0.3 is 18.9 Å². The summed E-state index contributed by atoms with van der Waals surface area (Å²) in [4.78, 5) is 13.7. The zero-order valence-corrected chi connectivity index (χ0v) is 14.8. The number of halogens is 2. The quantitative estimate of drug-likeness (QED) is 0.782. The number of hydrogen-bond acceptors (Lipinski definition) is 4. The molecule has 0 saturated heterocycles. The van der Waals surface area contributed by atoms with Crippen LogP contribution in [0.15, 0.2) is 12.1 Å². The van der Waals surface area contributed by atoms with Crippen LogP contribution in [0.5, 0.6) is 5.75 Å². The molecule has 0 bridgehead atoms. The van der Waals surface area contributed by atoms with Crippen molar-refractivity contribution < 1.29 is 18.7 Å². The Labute approximate surface area is 141 Å². The molecule has 0 amide bonds. The smallest absolute Gasteiger partial charge is 0.310 e. The Morgan fingerprint density at radius 2 is 1.96 bits per heavy atom. The van der Waals surface area contributed by atoms with Crippen molar-refractivity contribution >= 4 is 29.3 Å². The molecule has 0 radical (unpaired) electrons. The molecule has 0 unspecified atom stereocenters. The van der Waals surface area contributed by atoms with E-state index in [-0.39, 0.29) is 30.5 Å². The molecule has 1 heterocycles. The van der Waals surface area contributed by atoms with Gasteiger partial charge in [0.2, 0.25) is 0 Å². The molecule has 0 N–H and O–H groups in total. The standard InChI is InChI=1S/C16H21FN2O3.ClH/c1-18(2)9-14-11(7-16(20)22-5)10-6-15(21-4)12(17)8-13(10)19(14)3;/h6,8H,7,9H2,1-5H3;1H. The molecule has 5 nitrogen and oxygen atoms in total. The van der Waals surface area contributed by atoms with Crippen LogP contribution in [-0.4, -0.2) is 43.8 Å². The van der Waals surface area contributed by atoms with E-state index >= 15 is 0 Å². The van der Waals surface area contributed by atoms with E-state index in [1.165, 1.54) is 20.3 Å². The molecule has 1 aromatic heterocycles. The summed E-state index contributed by atoms with van der Waals surface area (Å²) in [7, 11) is 8.54. The Morgan fingerprint density at radius 1 is 1.30 bits per heavy atom. The molecular weight excluding hydrogens is 323 g/mol. The number of ether oxygens (including phenoxy) is 2. The van der Waals surface area contributed by atoms with Crippen molar-refractivity contribution in [3.63, 3.8) is 0 Å². The maximum Gasteiger partial charge on any atom is 0.310 e. The first-order valence-electron chi connectivity index (χ1n) is 6.94. The summed E-state index contributed by atoms with van der Waals surface area (Å²) in [6.07, 6.45) is 0.145. The van der Waals surface area contributed by atoms with Crippen LogP contribution in [0.1, 0.15) is 11.3 Å². The summed E-state index contributed by atoms with van der Waals surface area (Å²) in [5.74, 6) is -0.576. The Balaban J connectivity index is 0.00000264. The van der Waals surface area contributed by atoms with Gasteiger partial charge in [0, 0.05) is 30.7 Å². The zero-order valence-electron chi connectivity index (χ0n) is 14.0. The third kappa shape index (κ3) is 3.76. The van der Waals surface area contributed by atoms with E-state index in [2.05, 4.69) is 0 Å². The van der Waals surface area contributed by atoms with E-state index in [1.54, 1.807) is 6.07 Å². The second-order valence-corrected chi connectivity index (χ2v) is 5.48. The molecule has 0 atom stereocenters. The van der Waals surface area contributed by atoms with E-state index in [9.17, 15) is 9.18 Å². The van der Waals surface area contributed by atoms with E-state index in [0.29, 0.717) is 6.54 Å². The Kier molecular flexibility index (Phi) is 6.41. The molecule has 0 saturated carbocycles. The van der Waals surface area contributed by atoms with Crippen LogP contribution in [0.25, 0.3) is 10.9 Å². The number of nitrogens with zero attached hydrogens (tertiary/aromatic N) is 2. The highest BCUT2D eigenvalue weighted by Gasteiger charge is 2.20. The Bertz CT molecular complexity index is 713. The van der Waals surface area contributed by atoms with E-state index in [0.717, 1.165) is 22.2 Å². The molecular formula is C16H22ClFN2O3. The maximum absolute atomic E-state index is 14.0. The first-order chi connectivity index (χ1) is 10.4. The molecule has 2 rings (SSSR count). The highest BCUT2D eigenvalue weighted by molar-refractivity contribution is 5.90. The Morgan fingerprint density at radius 3 is 2.48 bits per heavy atom. The lowest BCUT2D eigenvalue weighted by Gasteiger charge is -2.13. The number of rotatable bonds is 5. The summed E-state index contributed by atoms with van der Waals surface area (Å²) in [5, 5.41) is 0.808. The van der Waals surface area contributed by atoms with Crippen molar-refractivity contribution in [2.24, 2.45) is 7.05 Å². The highest BCUT2D eigenvalue weighted by Crippen LogP contribution is 2.32. The normalized spacial score (nSPS) is 10.7. The van der Waals surface area contributed by atoms with Gasteiger partial charge in [-0.05, 0) is 25.7 Å². The van der Waals surface area contributed by atoms with Gasteiger partial charge in [0.25, 0.3) is 0 Å². The van der Waals surface area contributed by atoms with Gasteiger partial charge in [0.05, 0.1) is 26.2 Å². The van der Waals surface area contributed by atoms with Gasteiger partial charge in [-0.25, -0.2) is 4.39 Å². The second kappa shape index (κ2) is 7.66. The minimum absolute atomic E-state index is 0. The predicted octanol–water partition coefficient (Wildman–Crippen LogP) is 2.52. The van der Waals surface area contributed by atoms with Gasteiger partial charge in [-0.15, -0.1) is 12.4 Å². The Hall–Kier alpha value is -1.79. The molecule has 0 spiro atoms. The number of aromatic nitrogens is 1. The molecule has 2 aromatic rings. The zero-order chi connectivity index (χ0) is 16.4. The number of methoxy groups -OCH3 is 2. The van der Waals surface area contributed by atoms with Crippen LogP contribution in [0, 0.1) is 5.82 Å². The third-order valence-corrected chi connectivity index (χ3v) is 3.72. The van der Waals surface area contributed by atoms with Crippen LogP contribution >= 0.6 is 12.4 Å². The van der Waals surface area contributed by atoms with Gasteiger partial charge in [0.1, 0.15) is 0 Å². The average molecular weight is 345 g/mol. The molecule has 23 heavy (non-hydrogen) atoms. The van der Waals surface area contributed by atoms with Crippen molar-refractivity contribution in [3.8, 4) is 5.75 Å². The van der Waals surface area contributed by atoms with Gasteiger partial charge in [-0.3, -0.25) is 4.79 Å². The van der Waals surface area contributed by atoms with Crippen molar-refractivity contribution in [1.82, 2.24) is 9.47 Å². The molecule has 0 aliphatic heterocycles. The minimum Gasteiger partial charge on any atom is -0.494 e. The third-order valence-electron chi connectivity index (χ3n) is 3.72. The van der Waals surface area contributed by atoms with E-state index in [4.69, 9.17) is 9.47 Å². The summed E-state index contributed by atoms with van der Waals surface area (Å²) in [6, 6.07) is 3.08. The minimum atomic E-state index is -0.420. The second-order valence-electron chi connectivity index (χ2n) is 5.48. The molecule has 0 aliphatic carbocycles. The summed E-state index contributed by atoms with van der Waals surface area (Å²) < 4.78 is 25.7. The van der Waals surface area contributed by atoms with Gasteiger partial charge >= 0.3 is 5.97 Å². The summed E-state index contributed by atoms with van der Waals surface area (Å²) in [5.41, 5.74) is 2.53. The first kappa shape index (κ1) is 19.3. The van der Waals surface area contributed by atoms with E-state index in [1.807, 2.05) is 30.6 Å². The average Bonchev–Trinajstić information content (AvgIpc) is 2.71. The lowest BCUT2D eigenvalue weighted by molar-refractivity contribution is -0.139. The lowest BCUT2D eigenvalue weighted by Crippen LogP contribution is -2.16. The van der Waals surface area contributed by atoms with Crippen molar-refractivity contribution in [3.05, 3.63) is 29.2 Å². The van der Waals surface area contributed by atoms with Crippen LogP contribution in [-0.2, 0) is 29.5 Å². The fraction of sp³-hybridized carbons (Fsp3) is 0.438. The SMILES string of the molecule is COC(=O)Cc1c(CN(C)C)n(C)c2cc(F)c(OC)cc12.Cl. The number of fused-ring (bicyclic) bond motifs is 1. The number of aryl methyl sites for hydroxylation is 1. The van der Waals surface area contributed by atoms with Crippen molar-refractivity contribution in [2.75, 3.05) is 28.3 Å². The lowest BCUT2D eigenvalue weighted by atomic mass is 10.1. The number of esters is 1. The fourth-order valence-corrected chi connectivity index (χ4v) is 2.64. The fourth-order valence-electron chi connectivity index (χ4n) is 2.64. The number of carbonyl (C=O) groups excluding carboxylic acids is 1. The van der Waals surface area contributed by atoms with Crippen molar-refractivity contribution in [2.45, 2.75) is 13.0 Å². The number of hydrogen-bond donors (Lipinski definition) is 0. The van der Waals surface area contributed by atoms with Gasteiger partial charge in [0.15, 0.2) is 11.6 Å². The van der Waals surface area contributed by atoms with E-state index < -0.39 is 5.82 Å². The first-order valence-corrected chi connectivity index (χ1v) is 6.94. The largest absolute Gasteiger partial charge is 0.494 e. The van der Waals surface area contributed by atoms with Crippen LogP contribution in [0.3, 0.4) is 0 Å². The monoisotopic (exact) mass is 344 g/mol. The predicted molar refractivity (Wildman–Crippen MR) is 89.8 cm³/mol. The van der Waals surface area contributed by atoms with Gasteiger partial charge in [-0.2, -0.15) is 0 Å². The van der Waals surface area contributed by atoms with Crippen LogP contribution < -0.4 is 4.74 Å². The number of benzene rings is 1. The maximum atomic E-state index is 14.0. The van der Waals surface area contributed by atoms with Crippen LogP contribution in [0.4, 0.5) is 4.39 Å².